The Morgan fingerprint density at radius 3 is 2.50 bits per heavy atom. The minimum Gasteiger partial charge on any atom is -0.318 e. The number of hydrogen-bond acceptors (Lipinski definition) is 2. The van der Waals surface area contributed by atoms with Crippen LogP contribution in [0.2, 0.25) is 5.02 Å². The second kappa shape index (κ2) is 6.89. The molecule has 0 bridgehead atoms. The summed E-state index contributed by atoms with van der Waals surface area (Å²) in [6.45, 7) is 7.43. The molecule has 0 aliphatic carbocycles. The normalized spacial score (nSPS) is 13.1. The average Bonchev–Trinajstić information content (AvgIpc) is 2.29. The summed E-state index contributed by atoms with van der Waals surface area (Å²) in [6.07, 6.45) is 0. The summed E-state index contributed by atoms with van der Waals surface area (Å²) in [5, 5.41) is 4.06. The van der Waals surface area contributed by atoms with Crippen molar-refractivity contribution in [2.75, 3.05) is 26.7 Å². The van der Waals surface area contributed by atoms with Crippen LogP contribution >= 0.6 is 11.6 Å². The Morgan fingerprint density at radius 1 is 1.31 bits per heavy atom. The lowest BCUT2D eigenvalue weighted by atomic mass is 10.1. The van der Waals surface area contributed by atoms with Gasteiger partial charge in [-0.2, -0.15) is 0 Å². The summed E-state index contributed by atoms with van der Waals surface area (Å²) < 4.78 is 0. The summed E-state index contributed by atoms with van der Waals surface area (Å²) in [7, 11) is 1.99. The second-order valence-electron chi connectivity index (χ2n) is 3.85. The average molecular weight is 241 g/mol. The van der Waals surface area contributed by atoms with E-state index < -0.39 is 0 Å². The van der Waals surface area contributed by atoms with E-state index in [9.17, 15) is 0 Å². The molecule has 0 radical (unpaired) electrons. The summed E-state index contributed by atoms with van der Waals surface area (Å²) in [6, 6.07) is 8.54. The smallest absolute Gasteiger partial charge is 0.0472 e. The first-order chi connectivity index (χ1) is 7.72. The van der Waals surface area contributed by atoms with E-state index in [1.54, 1.807) is 0 Å². The van der Waals surface area contributed by atoms with Gasteiger partial charge in [-0.3, -0.25) is 4.90 Å². The van der Waals surface area contributed by atoms with Gasteiger partial charge in [0.05, 0.1) is 0 Å². The molecule has 1 atom stereocenters. The Labute approximate surface area is 104 Å². The summed E-state index contributed by atoms with van der Waals surface area (Å²) in [4.78, 5) is 2.43. The molecule has 1 unspecified atom stereocenters. The van der Waals surface area contributed by atoms with Crippen molar-refractivity contribution < 1.29 is 0 Å². The van der Waals surface area contributed by atoms with E-state index in [2.05, 4.69) is 36.2 Å². The van der Waals surface area contributed by atoms with Gasteiger partial charge in [-0.1, -0.05) is 37.6 Å². The topological polar surface area (TPSA) is 15.3 Å². The van der Waals surface area contributed by atoms with E-state index in [-0.39, 0.29) is 0 Å². The van der Waals surface area contributed by atoms with E-state index in [1.807, 2.05) is 19.2 Å². The maximum Gasteiger partial charge on any atom is 0.0472 e. The third-order valence-electron chi connectivity index (χ3n) is 2.88. The molecule has 0 saturated carbocycles. The standard InChI is InChI=1S/C13H21ClN2/c1-4-16(5-2)13(10-15-3)11-7-6-8-12(14)9-11/h6-9,13,15H,4-5,10H2,1-3H3. The number of likely N-dealkylation sites (N-methyl/N-ethyl adjacent to an activating group) is 2. The number of rotatable bonds is 6. The quantitative estimate of drug-likeness (QED) is 0.823. The van der Waals surface area contributed by atoms with Crippen molar-refractivity contribution in [2.24, 2.45) is 0 Å². The molecule has 1 aromatic rings. The van der Waals surface area contributed by atoms with Crippen LogP contribution in [0.4, 0.5) is 0 Å². The van der Waals surface area contributed by atoms with Gasteiger partial charge in [0.1, 0.15) is 0 Å². The van der Waals surface area contributed by atoms with Crippen molar-refractivity contribution in [2.45, 2.75) is 19.9 Å². The fourth-order valence-corrected chi connectivity index (χ4v) is 2.23. The third kappa shape index (κ3) is 3.48. The molecule has 0 spiro atoms. The summed E-state index contributed by atoms with van der Waals surface area (Å²) in [5.41, 5.74) is 1.28. The molecule has 0 amide bonds. The van der Waals surface area contributed by atoms with Gasteiger partial charge < -0.3 is 5.32 Å². The van der Waals surface area contributed by atoms with Crippen LogP contribution in [0.1, 0.15) is 25.5 Å². The summed E-state index contributed by atoms with van der Waals surface area (Å²) in [5.74, 6) is 0. The third-order valence-corrected chi connectivity index (χ3v) is 3.12. The van der Waals surface area contributed by atoms with Crippen LogP contribution in [0.15, 0.2) is 24.3 Å². The number of benzene rings is 1. The van der Waals surface area contributed by atoms with E-state index in [0.29, 0.717) is 6.04 Å². The van der Waals surface area contributed by atoms with Gasteiger partial charge in [0, 0.05) is 17.6 Å². The van der Waals surface area contributed by atoms with Gasteiger partial charge in [0.15, 0.2) is 0 Å². The van der Waals surface area contributed by atoms with Gasteiger partial charge in [-0.05, 0) is 37.8 Å². The molecule has 0 aromatic heterocycles. The zero-order valence-corrected chi connectivity index (χ0v) is 11.1. The SMILES string of the molecule is CCN(CC)C(CNC)c1cccc(Cl)c1. The maximum absolute atomic E-state index is 6.04. The highest BCUT2D eigenvalue weighted by Crippen LogP contribution is 2.22. The molecule has 16 heavy (non-hydrogen) atoms. The van der Waals surface area contributed by atoms with Crippen LogP contribution in [0.25, 0.3) is 0 Å². The lowest BCUT2D eigenvalue weighted by molar-refractivity contribution is 0.216. The molecule has 0 aliphatic heterocycles. The molecule has 0 aliphatic rings. The van der Waals surface area contributed by atoms with Crippen molar-refractivity contribution in [3.05, 3.63) is 34.9 Å². The maximum atomic E-state index is 6.04. The number of hydrogen-bond donors (Lipinski definition) is 1. The van der Waals surface area contributed by atoms with Crippen LogP contribution in [0.5, 0.6) is 0 Å². The number of nitrogens with one attached hydrogen (secondary N) is 1. The fraction of sp³-hybridized carbons (Fsp3) is 0.538. The fourth-order valence-electron chi connectivity index (χ4n) is 2.03. The minimum atomic E-state index is 0.402. The first kappa shape index (κ1) is 13.5. The van der Waals surface area contributed by atoms with Crippen molar-refractivity contribution in [1.82, 2.24) is 10.2 Å². The number of nitrogens with zero attached hydrogens (tertiary/aromatic N) is 1. The highest BCUT2D eigenvalue weighted by Gasteiger charge is 2.16. The Hall–Kier alpha value is -0.570. The number of halogens is 1. The molecular weight excluding hydrogens is 220 g/mol. The van der Waals surface area contributed by atoms with E-state index in [1.165, 1.54) is 5.56 Å². The van der Waals surface area contributed by atoms with Crippen LogP contribution in [0, 0.1) is 0 Å². The zero-order chi connectivity index (χ0) is 12.0. The van der Waals surface area contributed by atoms with Crippen LogP contribution in [-0.4, -0.2) is 31.6 Å². The minimum absolute atomic E-state index is 0.402. The van der Waals surface area contributed by atoms with Gasteiger partial charge >= 0.3 is 0 Å². The van der Waals surface area contributed by atoms with Crippen LogP contribution < -0.4 is 5.32 Å². The molecule has 2 nitrogen and oxygen atoms in total. The van der Waals surface area contributed by atoms with E-state index >= 15 is 0 Å². The highest BCUT2D eigenvalue weighted by molar-refractivity contribution is 6.30. The largest absolute Gasteiger partial charge is 0.318 e. The second-order valence-corrected chi connectivity index (χ2v) is 4.29. The van der Waals surface area contributed by atoms with Gasteiger partial charge in [-0.15, -0.1) is 0 Å². The molecule has 1 aromatic carbocycles. The summed E-state index contributed by atoms with van der Waals surface area (Å²) >= 11 is 6.04. The molecule has 3 heteroatoms. The predicted molar refractivity (Wildman–Crippen MR) is 71.0 cm³/mol. The van der Waals surface area contributed by atoms with E-state index in [0.717, 1.165) is 24.7 Å². The molecule has 0 fully saturated rings. The molecule has 0 heterocycles. The van der Waals surface area contributed by atoms with Crippen molar-refractivity contribution in [3.8, 4) is 0 Å². The van der Waals surface area contributed by atoms with Gasteiger partial charge in [0.25, 0.3) is 0 Å². The Balaban J connectivity index is 2.91. The Morgan fingerprint density at radius 2 is 2.00 bits per heavy atom. The molecule has 0 saturated heterocycles. The van der Waals surface area contributed by atoms with Crippen molar-refractivity contribution >= 4 is 11.6 Å². The first-order valence-corrected chi connectivity index (χ1v) is 6.24. The first-order valence-electron chi connectivity index (χ1n) is 5.87. The molecule has 1 N–H and O–H groups in total. The molecular formula is C13H21ClN2. The predicted octanol–water partition coefficient (Wildman–Crippen LogP) is 2.94. The monoisotopic (exact) mass is 240 g/mol. The Bertz CT molecular complexity index is 311. The Kier molecular flexibility index (Phi) is 5.81. The van der Waals surface area contributed by atoms with Gasteiger partial charge in [-0.25, -0.2) is 0 Å². The van der Waals surface area contributed by atoms with E-state index in [4.69, 9.17) is 11.6 Å². The zero-order valence-electron chi connectivity index (χ0n) is 10.3. The van der Waals surface area contributed by atoms with Crippen molar-refractivity contribution in [1.29, 1.82) is 0 Å². The lowest BCUT2D eigenvalue weighted by Crippen LogP contribution is -2.34. The molecule has 1 rings (SSSR count). The van der Waals surface area contributed by atoms with Crippen molar-refractivity contribution in [3.63, 3.8) is 0 Å². The lowest BCUT2D eigenvalue weighted by Gasteiger charge is -2.30. The highest BCUT2D eigenvalue weighted by atomic mass is 35.5. The van der Waals surface area contributed by atoms with Crippen LogP contribution in [-0.2, 0) is 0 Å². The van der Waals surface area contributed by atoms with Gasteiger partial charge in [0.2, 0.25) is 0 Å². The van der Waals surface area contributed by atoms with Crippen LogP contribution in [0.3, 0.4) is 0 Å². The molecule has 90 valence electrons.